The van der Waals surface area contributed by atoms with Crippen molar-refractivity contribution in [2.75, 3.05) is 18.0 Å². The molecule has 1 unspecified atom stereocenters. The van der Waals surface area contributed by atoms with Crippen LogP contribution in [0, 0.1) is 0 Å². The van der Waals surface area contributed by atoms with Gasteiger partial charge in [-0.3, -0.25) is 9.59 Å². The normalized spacial score (nSPS) is 21.8. The van der Waals surface area contributed by atoms with E-state index >= 15 is 0 Å². The number of nitrogens with zero attached hydrogens (tertiary/aromatic N) is 3. The summed E-state index contributed by atoms with van der Waals surface area (Å²) in [5, 5.41) is 0. The number of carbonyl (C=O) groups is 1. The van der Waals surface area contributed by atoms with E-state index < -0.39 is 0 Å². The lowest BCUT2D eigenvalue weighted by Gasteiger charge is -2.41. The number of rotatable bonds is 2. The maximum atomic E-state index is 12.7. The summed E-state index contributed by atoms with van der Waals surface area (Å²) in [6.45, 7) is 9.49. The molecule has 1 fully saturated rings. The number of anilines is 1. The van der Waals surface area contributed by atoms with Gasteiger partial charge in [-0.2, -0.15) is 0 Å². The van der Waals surface area contributed by atoms with Gasteiger partial charge in [-0.25, -0.2) is 9.97 Å². The molecule has 0 bridgehead atoms. The predicted octanol–water partition coefficient (Wildman–Crippen LogP) is 3.15. The number of piperidine rings is 1. The molecule has 1 saturated heterocycles. The topological polar surface area (TPSA) is 79.0 Å². The van der Waals surface area contributed by atoms with Gasteiger partial charge in [-0.15, -0.1) is 0 Å². The van der Waals surface area contributed by atoms with E-state index in [2.05, 4.69) is 35.6 Å². The van der Waals surface area contributed by atoms with Gasteiger partial charge in [0.2, 0.25) is 0 Å². The molecular formula is C22H28N4O2. The van der Waals surface area contributed by atoms with Crippen molar-refractivity contribution in [3.8, 4) is 0 Å². The lowest BCUT2D eigenvalue weighted by molar-refractivity contribution is 0.101. The maximum absolute atomic E-state index is 12.7. The van der Waals surface area contributed by atoms with E-state index in [1.165, 1.54) is 0 Å². The van der Waals surface area contributed by atoms with Crippen LogP contribution in [0.5, 0.6) is 0 Å². The molecule has 2 aromatic heterocycles. The Labute approximate surface area is 165 Å². The van der Waals surface area contributed by atoms with Gasteiger partial charge in [0.1, 0.15) is 11.6 Å². The molecule has 6 nitrogen and oxygen atoms in total. The van der Waals surface area contributed by atoms with Gasteiger partial charge in [-0.1, -0.05) is 20.8 Å². The summed E-state index contributed by atoms with van der Waals surface area (Å²) >= 11 is 0. The molecule has 148 valence electrons. The van der Waals surface area contributed by atoms with Crippen LogP contribution in [0.4, 0.5) is 5.82 Å². The third-order valence-electron chi connectivity index (χ3n) is 6.13. The second-order valence-electron chi connectivity index (χ2n) is 9.26. The number of hydrogen-bond donors (Lipinski definition) is 1. The van der Waals surface area contributed by atoms with E-state index in [-0.39, 0.29) is 22.2 Å². The lowest BCUT2D eigenvalue weighted by atomic mass is 9.77. The molecule has 28 heavy (non-hydrogen) atoms. The van der Waals surface area contributed by atoms with Crippen molar-refractivity contribution >= 4 is 11.6 Å². The van der Waals surface area contributed by atoms with Crippen molar-refractivity contribution in [2.45, 2.75) is 64.2 Å². The molecule has 1 spiro atoms. The Morgan fingerprint density at radius 1 is 1.29 bits per heavy atom. The van der Waals surface area contributed by atoms with Gasteiger partial charge in [-0.05, 0) is 44.7 Å². The predicted molar refractivity (Wildman–Crippen MR) is 109 cm³/mol. The fourth-order valence-corrected chi connectivity index (χ4v) is 4.54. The first-order valence-electron chi connectivity index (χ1n) is 10.1. The van der Waals surface area contributed by atoms with Gasteiger partial charge in [0.25, 0.3) is 5.56 Å². The molecule has 4 rings (SSSR count). The van der Waals surface area contributed by atoms with Crippen LogP contribution in [-0.2, 0) is 17.3 Å². The lowest BCUT2D eigenvalue weighted by Crippen LogP contribution is -2.46. The van der Waals surface area contributed by atoms with Crippen LogP contribution in [-0.4, -0.2) is 33.8 Å². The number of aromatic nitrogens is 3. The van der Waals surface area contributed by atoms with Crippen LogP contribution in [0.2, 0.25) is 0 Å². The second-order valence-corrected chi connectivity index (χ2v) is 9.26. The molecule has 0 aromatic carbocycles. The first-order chi connectivity index (χ1) is 13.2. The number of H-pyrrole nitrogens is 1. The van der Waals surface area contributed by atoms with E-state index in [0.717, 1.165) is 61.7 Å². The first kappa shape index (κ1) is 18.8. The number of ketones is 1. The highest BCUT2D eigenvalue weighted by molar-refractivity contribution is 5.94. The Bertz CT molecular complexity index is 989. The molecule has 0 saturated carbocycles. The summed E-state index contributed by atoms with van der Waals surface area (Å²) in [6, 6.07) is 3.64. The molecule has 1 N–H and O–H groups in total. The van der Waals surface area contributed by atoms with Crippen LogP contribution in [0.25, 0.3) is 0 Å². The van der Waals surface area contributed by atoms with Crippen LogP contribution in [0.3, 0.4) is 0 Å². The largest absolute Gasteiger partial charge is 0.356 e. The molecule has 1 aliphatic heterocycles. The molecule has 1 aliphatic carbocycles. The average molecular weight is 380 g/mol. The molecule has 2 aliphatic rings. The number of nitrogens with one attached hydrogen (secondary N) is 1. The number of aromatic amines is 1. The van der Waals surface area contributed by atoms with Crippen molar-refractivity contribution in [2.24, 2.45) is 0 Å². The smallest absolute Gasteiger partial charge is 0.254 e. The quantitative estimate of drug-likeness (QED) is 0.810. The van der Waals surface area contributed by atoms with E-state index in [0.29, 0.717) is 5.56 Å². The maximum Gasteiger partial charge on any atom is 0.254 e. The molecule has 2 aromatic rings. The zero-order chi connectivity index (χ0) is 20.1. The summed E-state index contributed by atoms with van der Waals surface area (Å²) in [5.74, 6) is 1.64. The van der Waals surface area contributed by atoms with Crippen molar-refractivity contribution in [3.05, 3.63) is 51.3 Å². The Hall–Kier alpha value is -2.50. The minimum absolute atomic E-state index is 0.0145. The Morgan fingerprint density at radius 2 is 2.07 bits per heavy atom. The highest BCUT2D eigenvalue weighted by Gasteiger charge is 2.45. The Kier molecular flexibility index (Phi) is 4.40. The van der Waals surface area contributed by atoms with Crippen LogP contribution < -0.4 is 10.5 Å². The molecule has 0 radical (unpaired) electrons. The minimum atomic E-state index is -0.205. The monoisotopic (exact) mass is 380 g/mol. The number of Topliss-reactive ketones (excluding diaryl/α,β-unsaturated/α-hetero) is 1. The minimum Gasteiger partial charge on any atom is -0.356 e. The van der Waals surface area contributed by atoms with E-state index in [1.807, 2.05) is 6.07 Å². The highest BCUT2D eigenvalue weighted by Crippen LogP contribution is 2.44. The third kappa shape index (κ3) is 3.15. The van der Waals surface area contributed by atoms with E-state index in [4.69, 9.17) is 4.98 Å². The summed E-state index contributed by atoms with van der Waals surface area (Å²) in [4.78, 5) is 39.2. The van der Waals surface area contributed by atoms with Gasteiger partial charge >= 0.3 is 0 Å². The van der Waals surface area contributed by atoms with Crippen molar-refractivity contribution in [1.82, 2.24) is 15.0 Å². The zero-order valence-corrected chi connectivity index (χ0v) is 17.1. The van der Waals surface area contributed by atoms with Crippen LogP contribution in [0.15, 0.2) is 23.1 Å². The standard InChI is InChI=1S/C22H28N4O2/c1-14(27)15-7-10-23-17(12-15)26-11-5-8-22(13-26)9-6-16-18(22)24-20(21(2,3)4)25-19(16)28/h7,10,12H,5-6,8-9,11,13H2,1-4H3,(H,24,25,28). The van der Waals surface area contributed by atoms with Crippen molar-refractivity contribution < 1.29 is 4.79 Å². The van der Waals surface area contributed by atoms with Crippen molar-refractivity contribution in [1.29, 1.82) is 0 Å². The summed E-state index contributed by atoms with van der Waals surface area (Å²) in [7, 11) is 0. The highest BCUT2D eigenvalue weighted by atomic mass is 16.1. The van der Waals surface area contributed by atoms with Gasteiger partial charge < -0.3 is 9.88 Å². The zero-order valence-electron chi connectivity index (χ0n) is 17.1. The summed E-state index contributed by atoms with van der Waals surface area (Å²) in [5.41, 5.74) is 2.20. The summed E-state index contributed by atoms with van der Waals surface area (Å²) in [6.07, 6.45) is 5.47. The van der Waals surface area contributed by atoms with Crippen molar-refractivity contribution in [3.63, 3.8) is 0 Å². The third-order valence-corrected chi connectivity index (χ3v) is 6.13. The molecule has 6 heteroatoms. The fraction of sp³-hybridized carbons (Fsp3) is 0.545. The molecule has 3 heterocycles. The molecule has 1 atom stereocenters. The van der Waals surface area contributed by atoms with E-state index in [9.17, 15) is 9.59 Å². The van der Waals surface area contributed by atoms with Gasteiger partial charge in [0, 0.05) is 41.2 Å². The van der Waals surface area contributed by atoms with Crippen LogP contribution >= 0.6 is 0 Å². The number of fused-ring (bicyclic) bond motifs is 2. The van der Waals surface area contributed by atoms with E-state index in [1.54, 1.807) is 19.2 Å². The number of carbonyl (C=O) groups excluding carboxylic acids is 1. The average Bonchev–Trinajstić information content (AvgIpc) is 3.00. The number of hydrogen-bond acceptors (Lipinski definition) is 5. The SMILES string of the molecule is CC(=O)c1ccnc(N2CCCC3(CCc4c3nc(C(C)(C)C)[nH]c4=O)C2)c1. The first-order valence-corrected chi connectivity index (χ1v) is 10.1. The number of pyridine rings is 1. The molecule has 0 amide bonds. The second kappa shape index (κ2) is 6.54. The van der Waals surface area contributed by atoms with Gasteiger partial charge in [0.05, 0.1) is 5.69 Å². The summed E-state index contributed by atoms with van der Waals surface area (Å²) < 4.78 is 0. The fourth-order valence-electron chi connectivity index (χ4n) is 4.54. The Morgan fingerprint density at radius 3 is 2.79 bits per heavy atom. The van der Waals surface area contributed by atoms with Gasteiger partial charge in [0.15, 0.2) is 5.78 Å². The Balaban J connectivity index is 1.73. The van der Waals surface area contributed by atoms with Crippen LogP contribution in [0.1, 0.15) is 74.4 Å². The molecular weight excluding hydrogens is 352 g/mol.